The summed E-state index contributed by atoms with van der Waals surface area (Å²) in [5, 5.41) is 24.5. The molecule has 0 radical (unpaired) electrons. The van der Waals surface area contributed by atoms with Gasteiger partial charge in [-0.2, -0.15) is 0 Å². The van der Waals surface area contributed by atoms with Crippen LogP contribution < -0.4 is 25.4 Å². The Hall–Kier alpha value is -8.00. The number of anilines is 3. The van der Waals surface area contributed by atoms with Crippen LogP contribution in [-0.4, -0.2) is 71.3 Å². The molecule has 320 valence electrons. The topological polar surface area (TPSA) is 185 Å². The van der Waals surface area contributed by atoms with Crippen molar-refractivity contribution in [3.05, 3.63) is 180 Å². The number of aromatic nitrogens is 3. The molecule has 63 heavy (non-hydrogen) atoms. The molecule has 0 saturated carbocycles. The molecule has 13 nitrogen and oxygen atoms in total. The van der Waals surface area contributed by atoms with Crippen molar-refractivity contribution < 1.29 is 34.1 Å². The number of fused-ring (bicyclic) bond motifs is 2. The van der Waals surface area contributed by atoms with Crippen LogP contribution >= 0.6 is 0 Å². The second-order valence-electron chi connectivity index (χ2n) is 13.5. The summed E-state index contributed by atoms with van der Waals surface area (Å²) < 4.78 is 10.9. The molecular weight excluding hydrogens is 797 g/mol. The van der Waals surface area contributed by atoms with Crippen molar-refractivity contribution in [3.8, 4) is 22.8 Å². The number of hydrogen-bond donors (Lipinski definition) is 5. The fourth-order valence-electron chi connectivity index (χ4n) is 6.36. The van der Waals surface area contributed by atoms with Crippen LogP contribution in [0.15, 0.2) is 152 Å². The van der Waals surface area contributed by atoms with Crippen molar-refractivity contribution in [2.24, 2.45) is 0 Å². The molecule has 2 aromatic heterocycles. The minimum Gasteiger partial charge on any atom is -0.493 e. The molecule has 6 aromatic carbocycles. The number of nitrogens with zero attached hydrogens (tertiary/aromatic N) is 3. The van der Waals surface area contributed by atoms with E-state index < -0.39 is 0 Å². The smallest absolute Gasteiger partial charge is 0.255 e. The maximum absolute atomic E-state index is 12.7. The van der Waals surface area contributed by atoms with Gasteiger partial charge in [-0.1, -0.05) is 66.7 Å². The molecule has 0 aliphatic carbocycles. The molecular formula is C50H48N6O7. The van der Waals surface area contributed by atoms with Crippen LogP contribution in [0.25, 0.3) is 33.1 Å². The third-order valence-corrected chi connectivity index (χ3v) is 9.39. The number of ether oxygens (including phenoxy) is 2. The fourth-order valence-corrected chi connectivity index (χ4v) is 6.36. The lowest BCUT2D eigenvalue weighted by atomic mass is 10.0. The second kappa shape index (κ2) is 22.6. The van der Waals surface area contributed by atoms with E-state index in [1.165, 1.54) is 0 Å². The van der Waals surface area contributed by atoms with E-state index >= 15 is 0 Å². The molecule has 0 saturated heterocycles. The lowest BCUT2D eigenvalue weighted by Gasteiger charge is -2.13. The number of carbonyl (C=O) groups excluding carboxylic acids is 3. The van der Waals surface area contributed by atoms with E-state index in [-0.39, 0.29) is 17.7 Å². The highest BCUT2D eigenvalue weighted by Crippen LogP contribution is 2.36. The predicted molar refractivity (Wildman–Crippen MR) is 249 cm³/mol. The van der Waals surface area contributed by atoms with E-state index in [2.05, 4.69) is 30.9 Å². The van der Waals surface area contributed by atoms with Gasteiger partial charge in [-0.25, -0.2) is 9.97 Å². The first-order chi connectivity index (χ1) is 30.7. The monoisotopic (exact) mass is 844 g/mol. The number of aliphatic hydroxyl groups is 2. The Kier molecular flexibility index (Phi) is 16.5. The first-order valence-corrected chi connectivity index (χ1v) is 19.6. The van der Waals surface area contributed by atoms with Gasteiger partial charge in [0.05, 0.1) is 30.9 Å². The van der Waals surface area contributed by atoms with E-state index in [0.717, 1.165) is 52.8 Å². The number of hydrogen-bond acceptors (Lipinski definition) is 10. The number of methoxy groups -OCH3 is 2. The third-order valence-electron chi connectivity index (χ3n) is 9.39. The number of pyridine rings is 1. The Morgan fingerprint density at radius 1 is 0.524 bits per heavy atom. The van der Waals surface area contributed by atoms with Crippen molar-refractivity contribution in [1.29, 1.82) is 0 Å². The Bertz CT molecular complexity index is 2820. The van der Waals surface area contributed by atoms with Crippen LogP contribution in [0.4, 0.5) is 17.1 Å². The van der Waals surface area contributed by atoms with Gasteiger partial charge < -0.3 is 35.6 Å². The Morgan fingerprint density at radius 3 is 1.78 bits per heavy atom. The first-order valence-electron chi connectivity index (χ1n) is 19.6. The number of benzene rings is 6. The quantitative estimate of drug-likeness (QED) is 0.0939. The Labute approximate surface area is 365 Å². The molecule has 0 aliphatic rings. The van der Waals surface area contributed by atoms with Gasteiger partial charge in [0.25, 0.3) is 17.7 Å². The van der Waals surface area contributed by atoms with E-state index in [0.29, 0.717) is 51.1 Å². The van der Waals surface area contributed by atoms with Gasteiger partial charge in [0.2, 0.25) is 0 Å². The van der Waals surface area contributed by atoms with Crippen LogP contribution in [0.5, 0.6) is 11.5 Å². The van der Waals surface area contributed by atoms with Crippen molar-refractivity contribution >= 4 is 56.6 Å². The fraction of sp³-hybridized carbons (Fsp3) is 0.120. The molecule has 8 aromatic rings. The summed E-state index contributed by atoms with van der Waals surface area (Å²) >= 11 is 0. The zero-order valence-electron chi connectivity index (χ0n) is 35.7. The lowest BCUT2D eigenvalue weighted by molar-refractivity contribution is 0.101. The zero-order chi connectivity index (χ0) is 45.3. The van der Waals surface area contributed by atoms with Gasteiger partial charge in [-0.3, -0.25) is 19.4 Å². The number of rotatable bonds is 9. The molecule has 0 aliphatic heterocycles. The van der Waals surface area contributed by atoms with Crippen molar-refractivity contribution in [3.63, 3.8) is 0 Å². The number of aliphatic hydroxyl groups excluding tert-OH is 2. The van der Waals surface area contributed by atoms with Crippen molar-refractivity contribution in [2.75, 3.05) is 44.4 Å². The lowest BCUT2D eigenvalue weighted by Crippen LogP contribution is -2.14. The number of carbonyl (C=O) groups is 3. The summed E-state index contributed by atoms with van der Waals surface area (Å²) in [5.41, 5.74) is 7.68. The first kappa shape index (κ1) is 46.1. The molecule has 2 heterocycles. The van der Waals surface area contributed by atoms with Crippen molar-refractivity contribution in [1.82, 2.24) is 15.0 Å². The highest BCUT2D eigenvalue weighted by Gasteiger charge is 2.15. The summed E-state index contributed by atoms with van der Waals surface area (Å²) in [7, 11) is 5.19. The van der Waals surface area contributed by atoms with Crippen LogP contribution in [0.2, 0.25) is 0 Å². The highest BCUT2D eigenvalue weighted by molar-refractivity contribution is 6.08. The van der Waals surface area contributed by atoms with Crippen LogP contribution in [-0.2, 0) is 0 Å². The summed E-state index contributed by atoms with van der Waals surface area (Å²) in [6.07, 6.45) is 1.70. The van der Waals surface area contributed by atoms with Gasteiger partial charge >= 0.3 is 0 Å². The highest BCUT2D eigenvalue weighted by atomic mass is 16.5. The van der Waals surface area contributed by atoms with E-state index in [1.807, 2.05) is 117 Å². The minimum atomic E-state index is -0.234. The summed E-state index contributed by atoms with van der Waals surface area (Å²) in [6.45, 7) is 3.75. The molecule has 0 fully saturated rings. The molecule has 5 N–H and O–H groups in total. The van der Waals surface area contributed by atoms with E-state index in [9.17, 15) is 14.4 Å². The number of nitrogens with one attached hydrogen (secondary N) is 3. The molecule has 0 unspecified atom stereocenters. The maximum atomic E-state index is 12.7. The minimum absolute atomic E-state index is 0.164. The van der Waals surface area contributed by atoms with Gasteiger partial charge in [-0.15, -0.1) is 0 Å². The van der Waals surface area contributed by atoms with Crippen LogP contribution in [0, 0.1) is 13.8 Å². The summed E-state index contributed by atoms with van der Waals surface area (Å²) in [6, 6.07) is 44.1. The average Bonchev–Trinajstić information content (AvgIpc) is 3.33. The SMILES string of the molecule is CO.CO.COc1cc2nc(C)nc(-c3cccc(NC(=O)c4ccccc4)c3)c2cc1OC.Cc1ccc(NC(=O)c2ccc3cccnc3c2)cc1NC(=O)c1ccccc1. The van der Waals surface area contributed by atoms with Crippen LogP contribution in [0.1, 0.15) is 42.5 Å². The van der Waals surface area contributed by atoms with Gasteiger partial charge in [0.15, 0.2) is 11.5 Å². The number of amides is 3. The standard InChI is InChI=1S/C24H21N3O3.C24H19N3O2.2CH4O/c1-15-25-20-14-22(30-3)21(29-2)13-19(20)23(26-15)17-10-7-11-18(12-17)27-24(28)16-8-5-4-6-9-16;1-16-9-12-20(15-21(16)27-23(28)18-6-3-2-4-7-18)26-24(29)19-11-10-17-8-5-13-25-22(17)14-19;2*1-2/h4-14H,1-3H3,(H,27,28);2-15H,1H3,(H,26,29)(H,27,28);2*2H,1H3. The van der Waals surface area contributed by atoms with Crippen molar-refractivity contribution in [2.45, 2.75) is 13.8 Å². The Morgan fingerprint density at radius 2 is 1.13 bits per heavy atom. The zero-order valence-corrected chi connectivity index (χ0v) is 35.7. The van der Waals surface area contributed by atoms with Gasteiger partial charge in [0, 0.05) is 76.6 Å². The molecule has 3 amide bonds. The van der Waals surface area contributed by atoms with E-state index in [4.69, 9.17) is 19.7 Å². The van der Waals surface area contributed by atoms with Crippen LogP contribution in [0.3, 0.4) is 0 Å². The normalized spacial score (nSPS) is 10.1. The molecule has 0 spiro atoms. The number of aryl methyl sites for hydroxylation is 2. The largest absolute Gasteiger partial charge is 0.493 e. The third kappa shape index (κ3) is 11.9. The Balaban J connectivity index is 0.000000220. The molecule has 0 atom stereocenters. The summed E-state index contributed by atoms with van der Waals surface area (Å²) in [5.74, 6) is 1.26. The van der Waals surface area contributed by atoms with E-state index in [1.54, 1.807) is 62.9 Å². The molecule has 13 heteroatoms. The predicted octanol–water partition coefficient (Wildman–Crippen LogP) is 9.14. The van der Waals surface area contributed by atoms with Gasteiger partial charge in [0.1, 0.15) is 5.82 Å². The van der Waals surface area contributed by atoms with Gasteiger partial charge in [-0.05, 0) is 92.2 Å². The molecule has 8 rings (SSSR count). The molecule has 0 bridgehead atoms. The average molecular weight is 845 g/mol. The second-order valence-corrected chi connectivity index (χ2v) is 13.5. The maximum Gasteiger partial charge on any atom is 0.255 e. The summed E-state index contributed by atoms with van der Waals surface area (Å²) in [4.78, 5) is 51.1.